The highest BCUT2D eigenvalue weighted by molar-refractivity contribution is 9.11. The van der Waals surface area contributed by atoms with Crippen LogP contribution in [0.15, 0.2) is 27.1 Å². The van der Waals surface area contributed by atoms with Gasteiger partial charge in [-0.2, -0.15) is 0 Å². The van der Waals surface area contributed by atoms with Gasteiger partial charge in [0.2, 0.25) is 11.8 Å². The summed E-state index contributed by atoms with van der Waals surface area (Å²) in [7, 11) is 0. The summed E-state index contributed by atoms with van der Waals surface area (Å²) in [6, 6.07) is 4.82. The first-order chi connectivity index (χ1) is 9.31. The van der Waals surface area contributed by atoms with E-state index in [1.807, 2.05) is 26.0 Å². The minimum atomic E-state index is -0.611. The molecule has 0 aliphatic rings. The fourth-order valence-electron chi connectivity index (χ4n) is 1.38. The van der Waals surface area contributed by atoms with E-state index in [2.05, 4.69) is 42.5 Å². The normalized spacial score (nSPS) is 12.1. The standard InChI is InChI=1S/C13H17Br2N3O2/c1-7(2)12(16)13(20)17-6-11(19)18-10-5-8(14)3-4-9(10)15/h3-5,7,12H,6,16H2,1-2H3,(H,17,20)(H,18,19)/t12-/m0/s1. The molecule has 4 N–H and O–H groups in total. The van der Waals surface area contributed by atoms with E-state index >= 15 is 0 Å². The summed E-state index contributed by atoms with van der Waals surface area (Å²) in [6.07, 6.45) is 0. The Morgan fingerprint density at radius 1 is 1.30 bits per heavy atom. The van der Waals surface area contributed by atoms with Crippen molar-refractivity contribution in [2.45, 2.75) is 19.9 Å². The van der Waals surface area contributed by atoms with Crippen LogP contribution in [0.1, 0.15) is 13.8 Å². The molecular formula is C13H17Br2N3O2. The maximum absolute atomic E-state index is 11.8. The van der Waals surface area contributed by atoms with Crippen molar-refractivity contribution < 1.29 is 9.59 Å². The Labute approximate surface area is 134 Å². The molecule has 0 saturated heterocycles. The summed E-state index contributed by atoms with van der Waals surface area (Å²) >= 11 is 6.66. The Morgan fingerprint density at radius 3 is 2.55 bits per heavy atom. The van der Waals surface area contributed by atoms with Crippen LogP contribution in [0.2, 0.25) is 0 Å². The van der Waals surface area contributed by atoms with Crippen LogP contribution >= 0.6 is 31.9 Å². The molecule has 0 saturated carbocycles. The van der Waals surface area contributed by atoms with Gasteiger partial charge >= 0.3 is 0 Å². The van der Waals surface area contributed by atoms with Crippen LogP contribution in [-0.4, -0.2) is 24.4 Å². The number of benzene rings is 1. The summed E-state index contributed by atoms with van der Waals surface area (Å²) in [4.78, 5) is 23.4. The minimum Gasteiger partial charge on any atom is -0.346 e. The lowest BCUT2D eigenvalue weighted by molar-refractivity contribution is -0.125. The molecule has 0 aliphatic heterocycles. The van der Waals surface area contributed by atoms with Gasteiger partial charge in [-0.05, 0) is 40.0 Å². The molecule has 20 heavy (non-hydrogen) atoms. The Balaban J connectivity index is 2.52. The van der Waals surface area contributed by atoms with E-state index in [1.165, 1.54) is 0 Å². The van der Waals surface area contributed by atoms with E-state index in [4.69, 9.17) is 5.73 Å². The maximum Gasteiger partial charge on any atom is 0.243 e. The molecule has 0 unspecified atom stereocenters. The molecule has 1 atom stereocenters. The third kappa shape index (κ3) is 5.22. The largest absolute Gasteiger partial charge is 0.346 e. The molecule has 0 bridgehead atoms. The van der Waals surface area contributed by atoms with Crippen LogP contribution in [0.4, 0.5) is 5.69 Å². The van der Waals surface area contributed by atoms with Gasteiger partial charge in [-0.25, -0.2) is 0 Å². The van der Waals surface area contributed by atoms with Gasteiger partial charge in [-0.1, -0.05) is 29.8 Å². The van der Waals surface area contributed by atoms with Crippen molar-refractivity contribution in [3.63, 3.8) is 0 Å². The summed E-state index contributed by atoms with van der Waals surface area (Å²) in [5.74, 6) is -0.617. The number of anilines is 1. The molecule has 0 spiro atoms. The Bertz CT molecular complexity index is 506. The highest BCUT2D eigenvalue weighted by atomic mass is 79.9. The zero-order valence-electron chi connectivity index (χ0n) is 11.2. The average Bonchev–Trinajstić information content (AvgIpc) is 2.39. The lowest BCUT2D eigenvalue weighted by Crippen LogP contribution is -2.46. The molecule has 0 aromatic heterocycles. The van der Waals surface area contributed by atoms with E-state index in [0.717, 1.165) is 8.95 Å². The lowest BCUT2D eigenvalue weighted by atomic mass is 10.1. The SMILES string of the molecule is CC(C)[C@H](N)C(=O)NCC(=O)Nc1cc(Br)ccc1Br. The first-order valence-corrected chi connectivity index (χ1v) is 7.68. The van der Waals surface area contributed by atoms with Crippen molar-refractivity contribution in [2.24, 2.45) is 11.7 Å². The Hall–Kier alpha value is -0.920. The van der Waals surface area contributed by atoms with Crippen LogP contribution in [0.5, 0.6) is 0 Å². The van der Waals surface area contributed by atoms with Crippen LogP contribution in [0.25, 0.3) is 0 Å². The third-order valence-corrected chi connectivity index (χ3v) is 3.83. The van der Waals surface area contributed by atoms with Crippen molar-refractivity contribution >= 4 is 49.4 Å². The van der Waals surface area contributed by atoms with Crippen molar-refractivity contribution in [3.05, 3.63) is 27.1 Å². The number of hydrogen-bond donors (Lipinski definition) is 3. The molecule has 0 radical (unpaired) electrons. The van der Waals surface area contributed by atoms with Gasteiger partial charge in [-0.15, -0.1) is 0 Å². The van der Waals surface area contributed by atoms with Crippen LogP contribution in [-0.2, 0) is 9.59 Å². The molecule has 0 aliphatic carbocycles. The number of amides is 2. The van der Waals surface area contributed by atoms with E-state index in [0.29, 0.717) is 5.69 Å². The second kappa shape index (κ2) is 7.75. The van der Waals surface area contributed by atoms with E-state index in [1.54, 1.807) is 6.07 Å². The van der Waals surface area contributed by atoms with Gasteiger partial charge in [0.1, 0.15) is 0 Å². The molecule has 2 amide bonds. The number of hydrogen-bond acceptors (Lipinski definition) is 3. The molecule has 0 fully saturated rings. The molecule has 1 aromatic carbocycles. The second-order valence-electron chi connectivity index (χ2n) is 4.66. The Kier molecular flexibility index (Phi) is 6.64. The van der Waals surface area contributed by atoms with Crippen molar-refractivity contribution in [1.29, 1.82) is 0 Å². The minimum absolute atomic E-state index is 0.0253. The third-order valence-electron chi connectivity index (χ3n) is 2.65. The average molecular weight is 407 g/mol. The van der Waals surface area contributed by atoms with Crippen LogP contribution in [0.3, 0.4) is 0 Å². The molecule has 110 valence electrons. The zero-order chi connectivity index (χ0) is 15.3. The highest BCUT2D eigenvalue weighted by Crippen LogP contribution is 2.25. The summed E-state index contributed by atoms with van der Waals surface area (Å²) in [5.41, 5.74) is 6.32. The smallest absolute Gasteiger partial charge is 0.243 e. The van der Waals surface area contributed by atoms with Crippen LogP contribution < -0.4 is 16.4 Å². The van der Waals surface area contributed by atoms with Gasteiger partial charge in [0, 0.05) is 8.95 Å². The number of rotatable bonds is 5. The predicted octanol–water partition coefficient (Wildman–Crippen LogP) is 2.25. The highest BCUT2D eigenvalue weighted by Gasteiger charge is 2.17. The molecule has 5 nitrogen and oxygen atoms in total. The maximum atomic E-state index is 11.8. The molecule has 1 rings (SSSR count). The summed E-state index contributed by atoms with van der Waals surface area (Å²) in [6.45, 7) is 3.59. The summed E-state index contributed by atoms with van der Waals surface area (Å²) in [5, 5.41) is 5.22. The lowest BCUT2D eigenvalue weighted by Gasteiger charge is -2.15. The quantitative estimate of drug-likeness (QED) is 0.701. The predicted molar refractivity (Wildman–Crippen MR) is 86.3 cm³/mol. The fourth-order valence-corrected chi connectivity index (χ4v) is 2.08. The van der Waals surface area contributed by atoms with E-state index in [-0.39, 0.29) is 24.3 Å². The topological polar surface area (TPSA) is 84.2 Å². The van der Waals surface area contributed by atoms with Gasteiger partial charge in [0.15, 0.2) is 0 Å². The van der Waals surface area contributed by atoms with Gasteiger partial charge < -0.3 is 16.4 Å². The molecule has 7 heteroatoms. The van der Waals surface area contributed by atoms with Gasteiger partial charge in [0.05, 0.1) is 18.3 Å². The van der Waals surface area contributed by atoms with E-state index < -0.39 is 6.04 Å². The zero-order valence-corrected chi connectivity index (χ0v) is 14.4. The Morgan fingerprint density at radius 2 is 1.95 bits per heavy atom. The van der Waals surface area contributed by atoms with Gasteiger partial charge in [0.25, 0.3) is 0 Å². The van der Waals surface area contributed by atoms with Crippen molar-refractivity contribution in [3.8, 4) is 0 Å². The van der Waals surface area contributed by atoms with E-state index in [9.17, 15) is 9.59 Å². The van der Waals surface area contributed by atoms with Crippen molar-refractivity contribution in [2.75, 3.05) is 11.9 Å². The number of carbonyl (C=O) groups is 2. The monoisotopic (exact) mass is 405 g/mol. The summed E-state index contributed by atoms with van der Waals surface area (Å²) < 4.78 is 1.61. The van der Waals surface area contributed by atoms with Crippen LogP contribution in [0, 0.1) is 5.92 Å². The number of nitrogens with two attached hydrogens (primary N) is 1. The number of halogens is 2. The number of nitrogens with one attached hydrogen (secondary N) is 2. The molecule has 1 aromatic rings. The van der Waals surface area contributed by atoms with Crippen molar-refractivity contribution in [1.82, 2.24) is 5.32 Å². The first-order valence-electron chi connectivity index (χ1n) is 6.09. The number of carbonyl (C=O) groups excluding carboxylic acids is 2. The molecule has 0 heterocycles. The molecular weight excluding hydrogens is 390 g/mol. The first kappa shape index (κ1) is 17.1. The second-order valence-corrected chi connectivity index (χ2v) is 6.43. The van der Waals surface area contributed by atoms with Gasteiger partial charge in [-0.3, -0.25) is 9.59 Å². The fraction of sp³-hybridized carbons (Fsp3) is 0.385.